The zero-order valence-corrected chi connectivity index (χ0v) is 13.8. The van der Waals surface area contributed by atoms with Gasteiger partial charge < -0.3 is 15.8 Å². The number of benzene rings is 2. The van der Waals surface area contributed by atoms with Gasteiger partial charge in [-0.3, -0.25) is 4.79 Å². The second-order valence-corrected chi connectivity index (χ2v) is 5.51. The summed E-state index contributed by atoms with van der Waals surface area (Å²) in [5, 5.41) is 3.41. The van der Waals surface area contributed by atoms with Crippen molar-refractivity contribution in [3.8, 4) is 5.75 Å². The Morgan fingerprint density at radius 3 is 2.41 bits per heavy atom. The smallest absolute Gasteiger partial charge is 0.255 e. The van der Waals surface area contributed by atoms with Crippen LogP contribution in [0, 0.1) is 0 Å². The summed E-state index contributed by atoms with van der Waals surface area (Å²) in [6, 6.07) is 8.39. The Labute approximate surface area is 139 Å². The number of carbonyl (C=O) groups is 1. The maximum absolute atomic E-state index is 12.4. The van der Waals surface area contributed by atoms with Gasteiger partial charge in [0.1, 0.15) is 0 Å². The first-order valence-corrected chi connectivity index (χ1v) is 7.44. The van der Waals surface area contributed by atoms with Gasteiger partial charge in [-0.1, -0.05) is 30.1 Å². The highest BCUT2D eigenvalue weighted by molar-refractivity contribution is 6.37. The van der Waals surface area contributed by atoms with Crippen molar-refractivity contribution in [2.24, 2.45) is 0 Å². The molecular formula is C16H16Cl2N2O2. The molecule has 0 fully saturated rings. The molecule has 2 aromatic rings. The van der Waals surface area contributed by atoms with Crippen molar-refractivity contribution in [3.63, 3.8) is 0 Å². The predicted octanol–water partition coefficient (Wildman–Crippen LogP) is 4.40. The fraction of sp³-hybridized carbons (Fsp3) is 0.188. The highest BCUT2D eigenvalue weighted by atomic mass is 35.5. The first-order chi connectivity index (χ1) is 10.5. The molecule has 0 saturated heterocycles. The first kappa shape index (κ1) is 16.5. The minimum absolute atomic E-state index is 0.285. The Kier molecular flexibility index (Phi) is 5.16. The van der Waals surface area contributed by atoms with E-state index < -0.39 is 0 Å². The number of nitrogens with two attached hydrogens (primary N) is 1. The van der Waals surface area contributed by atoms with Crippen LogP contribution in [0.2, 0.25) is 10.0 Å². The molecule has 22 heavy (non-hydrogen) atoms. The molecule has 0 spiro atoms. The molecule has 0 aliphatic rings. The van der Waals surface area contributed by atoms with Gasteiger partial charge in [0.15, 0.2) is 5.75 Å². The monoisotopic (exact) mass is 338 g/mol. The van der Waals surface area contributed by atoms with Gasteiger partial charge in [-0.15, -0.1) is 0 Å². The molecule has 0 unspecified atom stereocenters. The third kappa shape index (κ3) is 3.46. The summed E-state index contributed by atoms with van der Waals surface area (Å²) in [5.74, 6) is 0.0486. The Balaban J connectivity index is 2.30. The molecule has 1 amide bonds. The van der Waals surface area contributed by atoms with Crippen LogP contribution in [0.1, 0.15) is 22.8 Å². The number of anilines is 2. The van der Waals surface area contributed by atoms with E-state index >= 15 is 0 Å². The maximum Gasteiger partial charge on any atom is 0.255 e. The summed E-state index contributed by atoms with van der Waals surface area (Å²) in [4.78, 5) is 12.4. The lowest BCUT2D eigenvalue weighted by atomic mass is 10.1. The molecule has 6 heteroatoms. The van der Waals surface area contributed by atoms with Crippen LogP contribution in [0.4, 0.5) is 11.4 Å². The summed E-state index contributed by atoms with van der Waals surface area (Å²) >= 11 is 12.1. The van der Waals surface area contributed by atoms with Gasteiger partial charge in [-0.2, -0.15) is 0 Å². The Bertz CT molecular complexity index is 694. The molecule has 0 aliphatic heterocycles. The zero-order valence-electron chi connectivity index (χ0n) is 12.2. The van der Waals surface area contributed by atoms with Crippen LogP contribution in [0.25, 0.3) is 0 Å². The molecule has 4 nitrogen and oxygen atoms in total. The second-order valence-electron chi connectivity index (χ2n) is 4.70. The molecule has 0 aliphatic carbocycles. The highest BCUT2D eigenvalue weighted by Gasteiger charge is 2.14. The number of aryl methyl sites for hydroxylation is 1. The highest BCUT2D eigenvalue weighted by Crippen LogP contribution is 2.34. The number of hydrogen-bond acceptors (Lipinski definition) is 3. The molecule has 2 rings (SSSR count). The third-order valence-electron chi connectivity index (χ3n) is 3.22. The van der Waals surface area contributed by atoms with Gasteiger partial charge in [0.25, 0.3) is 5.91 Å². The lowest BCUT2D eigenvalue weighted by molar-refractivity contribution is 0.102. The van der Waals surface area contributed by atoms with Crippen LogP contribution >= 0.6 is 23.2 Å². The van der Waals surface area contributed by atoms with Crippen molar-refractivity contribution in [2.45, 2.75) is 13.3 Å². The van der Waals surface area contributed by atoms with E-state index in [4.69, 9.17) is 33.7 Å². The Morgan fingerprint density at radius 2 is 1.86 bits per heavy atom. The summed E-state index contributed by atoms with van der Waals surface area (Å²) in [5.41, 5.74) is 8.44. The van der Waals surface area contributed by atoms with E-state index in [1.54, 1.807) is 12.1 Å². The van der Waals surface area contributed by atoms with E-state index in [2.05, 4.69) is 5.32 Å². The molecule has 3 N–H and O–H groups in total. The number of halogens is 2. The van der Waals surface area contributed by atoms with Crippen molar-refractivity contribution in [1.29, 1.82) is 0 Å². The summed E-state index contributed by atoms with van der Waals surface area (Å²) in [6.07, 6.45) is 0.755. The standard InChI is InChI=1S/C16H16Cl2N2O2/c1-3-9-6-11(19)4-5-14(9)20-16(21)10-7-12(17)15(22-2)13(18)8-10/h4-8H,3,19H2,1-2H3,(H,20,21). The number of methoxy groups -OCH3 is 1. The topological polar surface area (TPSA) is 64.3 Å². The molecular weight excluding hydrogens is 323 g/mol. The number of nitrogens with one attached hydrogen (secondary N) is 1. The summed E-state index contributed by atoms with van der Waals surface area (Å²) in [6.45, 7) is 1.99. The fourth-order valence-corrected chi connectivity index (χ4v) is 2.75. The van der Waals surface area contributed by atoms with Gasteiger partial charge in [0, 0.05) is 16.9 Å². The summed E-state index contributed by atoms with van der Waals surface area (Å²) in [7, 11) is 1.47. The molecule has 2 aromatic carbocycles. The number of nitrogen functional groups attached to an aromatic ring is 1. The van der Waals surface area contributed by atoms with Crippen molar-refractivity contribution < 1.29 is 9.53 Å². The number of carbonyl (C=O) groups excluding carboxylic acids is 1. The number of rotatable bonds is 4. The van der Waals surface area contributed by atoms with Crippen LogP contribution in [0.5, 0.6) is 5.75 Å². The first-order valence-electron chi connectivity index (χ1n) is 6.69. The number of amides is 1. The van der Waals surface area contributed by atoms with E-state index in [1.807, 2.05) is 13.0 Å². The maximum atomic E-state index is 12.4. The van der Waals surface area contributed by atoms with E-state index in [0.717, 1.165) is 12.0 Å². The minimum Gasteiger partial charge on any atom is -0.494 e. The van der Waals surface area contributed by atoms with Gasteiger partial charge in [0.05, 0.1) is 17.2 Å². The summed E-state index contributed by atoms with van der Waals surface area (Å²) < 4.78 is 5.07. The Morgan fingerprint density at radius 1 is 1.23 bits per heavy atom. The lowest BCUT2D eigenvalue weighted by Gasteiger charge is -2.12. The third-order valence-corrected chi connectivity index (χ3v) is 3.78. The molecule has 0 atom stereocenters. The van der Waals surface area contributed by atoms with E-state index in [-0.39, 0.29) is 16.0 Å². The van der Waals surface area contributed by atoms with Crippen molar-refractivity contribution in [1.82, 2.24) is 0 Å². The van der Waals surface area contributed by atoms with Crippen molar-refractivity contribution >= 4 is 40.5 Å². The van der Waals surface area contributed by atoms with Gasteiger partial charge in [-0.25, -0.2) is 0 Å². The van der Waals surface area contributed by atoms with Crippen LogP contribution in [-0.2, 0) is 6.42 Å². The average molecular weight is 339 g/mol. The zero-order chi connectivity index (χ0) is 16.3. The number of hydrogen-bond donors (Lipinski definition) is 2. The predicted molar refractivity (Wildman–Crippen MR) is 91.2 cm³/mol. The SMILES string of the molecule is CCc1cc(N)ccc1NC(=O)c1cc(Cl)c(OC)c(Cl)c1. The van der Waals surface area contributed by atoms with Crippen molar-refractivity contribution in [2.75, 3.05) is 18.2 Å². The molecule has 116 valence electrons. The van der Waals surface area contributed by atoms with Crippen LogP contribution < -0.4 is 15.8 Å². The molecule has 0 bridgehead atoms. The molecule has 0 heterocycles. The average Bonchev–Trinajstić information content (AvgIpc) is 2.48. The lowest BCUT2D eigenvalue weighted by Crippen LogP contribution is -2.13. The molecule has 0 aromatic heterocycles. The normalized spacial score (nSPS) is 10.4. The number of ether oxygens (including phenoxy) is 1. The second kappa shape index (κ2) is 6.90. The van der Waals surface area contributed by atoms with E-state index in [0.29, 0.717) is 22.7 Å². The minimum atomic E-state index is -0.300. The molecule has 0 radical (unpaired) electrons. The van der Waals surface area contributed by atoms with Gasteiger partial charge in [-0.05, 0) is 42.3 Å². The largest absolute Gasteiger partial charge is 0.494 e. The van der Waals surface area contributed by atoms with Gasteiger partial charge >= 0.3 is 0 Å². The van der Waals surface area contributed by atoms with Crippen LogP contribution in [0.15, 0.2) is 30.3 Å². The van der Waals surface area contributed by atoms with Crippen LogP contribution in [-0.4, -0.2) is 13.0 Å². The van der Waals surface area contributed by atoms with E-state index in [9.17, 15) is 4.79 Å². The van der Waals surface area contributed by atoms with Gasteiger partial charge in [0.2, 0.25) is 0 Å². The fourth-order valence-electron chi connectivity index (χ4n) is 2.11. The Hall–Kier alpha value is -1.91. The van der Waals surface area contributed by atoms with Crippen molar-refractivity contribution in [3.05, 3.63) is 51.5 Å². The van der Waals surface area contributed by atoms with Crippen LogP contribution in [0.3, 0.4) is 0 Å². The quantitative estimate of drug-likeness (QED) is 0.812. The molecule has 0 saturated carbocycles. The van der Waals surface area contributed by atoms with E-state index in [1.165, 1.54) is 19.2 Å².